The second-order valence-electron chi connectivity index (χ2n) is 5.61. The largest absolute Gasteiger partial charge is 0.493 e. The molecule has 0 unspecified atom stereocenters. The predicted molar refractivity (Wildman–Crippen MR) is 104 cm³/mol. The van der Waals surface area contributed by atoms with Crippen LogP contribution in [0.15, 0.2) is 48.7 Å². The Hall–Kier alpha value is -3.88. The number of methoxy groups -OCH3 is 3. The standard InChI is InChI=1S/C19H18N4O5/c1-26-16-10-13(11-17(27-2)18(16)28-3)21-19-20-9-8-15(22-19)12-4-6-14(7-5-12)23(24)25/h4-11H,1-3H3,(H,20,21,22). The molecule has 1 N–H and O–H groups in total. The van der Waals surface area contributed by atoms with Crippen molar-refractivity contribution in [3.63, 3.8) is 0 Å². The molecule has 0 fully saturated rings. The van der Waals surface area contributed by atoms with Crippen molar-refractivity contribution >= 4 is 17.3 Å². The fourth-order valence-electron chi connectivity index (χ4n) is 2.62. The maximum Gasteiger partial charge on any atom is 0.269 e. The predicted octanol–water partition coefficient (Wildman–Crippen LogP) is 3.82. The summed E-state index contributed by atoms with van der Waals surface area (Å²) >= 11 is 0. The zero-order valence-corrected chi connectivity index (χ0v) is 15.5. The zero-order valence-electron chi connectivity index (χ0n) is 15.5. The third kappa shape index (κ3) is 3.93. The van der Waals surface area contributed by atoms with E-state index in [0.717, 1.165) is 5.56 Å². The van der Waals surface area contributed by atoms with Crippen LogP contribution in [-0.4, -0.2) is 36.2 Å². The van der Waals surface area contributed by atoms with Crippen molar-refractivity contribution in [2.24, 2.45) is 0 Å². The lowest BCUT2D eigenvalue weighted by atomic mass is 10.1. The number of hydrogen-bond donors (Lipinski definition) is 1. The van der Waals surface area contributed by atoms with Gasteiger partial charge in [0.1, 0.15) is 0 Å². The van der Waals surface area contributed by atoms with Crippen LogP contribution in [0.4, 0.5) is 17.3 Å². The summed E-state index contributed by atoms with van der Waals surface area (Å²) in [5.74, 6) is 1.83. The summed E-state index contributed by atoms with van der Waals surface area (Å²) in [6.45, 7) is 0. The number of hydrogen-bond acceptors (Lipinski definition) is 8. The van der Waals surface area contributed by atoms with E-state index >= 15 is 0 Å². The van der Waals surface area contributed by atoms with Gasteiger partial charge in [0.25, 0.3) is 5.69 Å². The zero-order chi connectivity index (χ0) is 20.1. The van der Waals surface area contributed by atoms with Crippen LogP contribution in [0.3, 0.4) is 0 Å². The molecule has 144 valence electrons. The first-order chi connectivity index (χ1) is 13.5. The average molecular weight is 382 g/mol. The van der Waals surface area contributed by atoms with Crippen LogP contribution in [0.2, 0.25) is 0 Å². The van der Waals surface area contributed by atoms with Gasteiger partial charge in [-0.3, -0.25) is 10.1 Å². The van der Waals surface area contributed by atoms with Crippen LogP contribution in [0, 0.1) is 10.1 Å². The van der Waals surface area contributed by atoms with E-state index in [9.17, 15) is 10.1 Å². The van der Waals surface area contributed by atoms with Crippen molar-refractivity contribution < 1.29 is 19.1 Å². The number of rotatable bonds is 7. The third-order valence-corrected chi connectivity index (χ3v) is 3.95. The molecule has 0 spiro atoms. The Morgan fingerprint density at radius 1 is 0.964 bits per heavy atom. The normalized spacial score (nSPS) is 10.2. The van der Waals surface area contributed by atoms with Crippen LogP contribution in [0.25, 0.3) is 11.3 Å². The summed E-state index contributed by atoms with van der Waals surface area (Å²) in [6.07, 6.45) is 1.60. The third-order valence-electron chi connectivity index (χ3n) is 3.95. The summed E-state index contributed by atoms with van der Waals surface area (Å²) in [5, 5.41) is 13.9. The van der Waals surface area contributed by atoms with Crippen molar-refractivity contribution in [3.05, 3.63) is 58.8 Å². The number of nitrogens with one attached hydrogen (secondary N) is 1. The van der Waals surface area contributed by atoms with Crippen molar-refractivity contribution in [1.82, 2.24) is 9.97 Å². The Balaban J connectivity index is 1.90. The molecule has 0 saturated carbocycles. The van der Waals surface area contributed by atoms with Crippen molar-refractivity contribution in [2.75, 3.05) is 26.6 Å². The number of ether oxygens (including phenoxy) is 3. The number of anilines is 2. The quantitative estimate of drug-likeness (QED) is 0.485. The van der Waals surface area contributed by atoms with E-state index < -0.39 is 4.92 Å². The van der Waals surface area contributed by atoms with Gasteiger partial charge in [-0.2, -0.15) is 0 Å². The molecule has 9 nitrogen and oxygen atoms in total. The number of nitro groups is 1. The maximum atomic E-state index is 10.8. The van der Waals surface area contributed by atoms with E-state index in [1.807, 2.05) is 0 Å². The molecular weight excluding hydrogens is 364 g/mol. The Morgan fingerprint density at radius 2 is 1.61 bits per heavy atom. The molecule has 3 rings (SSSR count). The van der Waals surface area contributed by atoms with Crippen molar-refractivity contribution in [1.29, 1.82) is 0 Å². The summed E-state index contributed by atoms with van der Waals surface area (Å²) in [7, 11) is 4.60. The topological polar surface area (TPSA) is 109 Å². The number of benzene rings is 2. The van der Waals surface area contributed by atoms with Gasteiger partial charge >= 0.3 is 0 Å². The van der Waals surface area contributed by atoms with Gasteiger partial charge in [0.05, 0.1) is 31.9 Å². The van der Waals surface area contributed by atoms with Gasteiger partial charge in [0, 0.05) is 41.7 Å². The van der Waals surface area contributed by atoms with E-state index in [2.05, 4.69) is 15.3 Å². The van der Waals surface area contributed by atoms with E-state index in [4.69, 9.17) is 14.2 Å². The molecule has 0 atom stereocenters. The second kappa shape index (κ2) is 8.21. The highest BCUT2D eigenvalue weighted by atomic mass is 16.6. The lowest BCUT2D eigenvalue weighted by Crippen LogP contribution is -2.00. The molecule has 0 saturated heterocycles. The molecule has 28 heavy (non-hydrogen) atoms. The highest BCUT2D eigenvalue weighted by Gasteiger charge is 2.14. The van der Waals surface area contributed by atoms with Gasteiger partial charge in [-0.05, 0) is 18.2 Å². The summed E-state index contributed by atoms with van der Waals surface area (Å²) in [6, 6.07) is 11.4. The summed E-state index contributed by atoms with van der Waals surface area (Å²) in [5.41, 5.74) is 2.03. The first kappa shape index (κ1) is 18.9. The molecule has 9 heteroatoms. The number of aromatic nitrogens is 2. The molecule has 0 radical (unpaired) electrons. The van der Waals surface area contributed by atoms with Gasteiger partial charge < -0.3 is 19.5 Å². The van der Waals surface area contributed by atoms with Crippen molar-refractivity contribution in [2.45, 2.75) is 0 Å². The van der Waals surface area contributed by atoms with Crippen molar-refractivity contribution in [3.8, 4) is 28.5 Å². The van der Waals surface area contributed by atoms with Gasteiger partial charge in [0.15, 0.2) is 11.5 Å². The van der Waals surface area contributed by atoms with E-state index in [0.29, 0.717) is 34.6 Å². The molecule has 0 bridgehead atoms. The van der Waals surface area contributed by atoms with E-state index in [1.54, 1.807) is 36.5 Å². The molecule has 2 aromatic carbocycles. The molecule has 0 amide bonds. The molecule has 1 heterocycles. The fourth-order valence-corrected chi connectivity index (χ4v) is 2.62. The molecule has 0 aliphatic rings. The van der Waals surface area contributed by atoms with Crippen LogP contribution in [0.1, 0.15) is 0 Å². The molecule has 1 aromatic heterocycles. The molecule has 3 aromatic rings. The van der Waals surface area contributed by atoms with Crippen LogP contribution >= 0.6 is 0 Å². The highest BCUT2D eigenvalue weighted by molar-refractivity contribution is 5.67. The maximum absolute atomic E-state index is 10.8. The number of nitro benzene ring substituents is 1. The lowest BCUT2D eigenvalue weighted by molar-refractivity contribution is -0.384. The van der Waals surface area contributed by atoms with E-state index in [-0.39, 0.29) is 5.69 Å². The number of non-ortho nitro benzene ring substituents is 1. The SMILES string of the molecule is COc1cc(Nc2nccc(-c3ccc([N+](=O)[O-])cc3)n2)cc(OC)c1OC. The van der Waals surface area contributed by atoms with Crippen LogP contribution < -0.4 is 19.5 Å². The van der Waals surface area contributed by atoms with E-state index in [1.165, 1.54) is 33.5 Å². The van der Waals surface area contributed by atoms with Gasteiger partial charge in [0.2, 0.25) is 11.7 Å². The molecule has 0 aliphatic heterocycles. The Bertz CT molecular complexity index is 967. The Labute approximate surface area is 161 Å². The van der Waals surface area contributed by atoms with Crippen LogP contribution in [0.5, 0.6) is 17.2 Å². The molecular formula is C19H18N4O5. The fraction of sp³-hybridized carbons (Fsp3) is 0.158. The lowest BCUT2D eigenvalue weighted by Gasteiger charge is -2.14. The first-order valence-corrected chi connectivity index (χ1v) is 8.20. The monoisotopic (exact) mass is 382 g/mol. The van der Waals surface area contributed by atoms with Crippen LogP contribution in [-0.2, 0) is 0 Å². The molecule has 0 aliphatic carbocycles. The average Bonchev–Trinajstić information content (AvgIpc) is 2.73. The Kier molecular flexibility index (Phi) is 5.54. The minimum atomic E-state index is -0.443. The Morgan fingerprint density at radius 3 is 2.14 bits per heavy atom. The number of nitrogens with zero attached hydrogens (tertiary/aromatic N) is 3. The first-order valence-electron chi connectivity index (χ1n) is 8.20. The highest BCUT2D eigenvalue weighted by Crippen LogP contribution is 2.40. The minimum Gasteiger partial charge on any atom is -0.493 e. The van der Waals surface area contributed by atoms with Gasteiger partial charge in [-0.25, -0.2) is 9.97 Å². The smallest absolute Gasteiger partial charge is 0.269 e. The van der Waals surface area contributed by atoms with Gasteiger partial charge in [-0.15, -0.1) is 0 Å². The summed E-state index contributed by atoms with van der Waals surface area (Å²) in [4.78, 5) is 19.0. The minimum absolute atomic E-state index is 0.0218. The summed E-state index contributed by atoms with van der Waals surface area (Å²) < 4.78 is 16.0. The second-order valence-corrected chi connectivity index (χ2v) is 5.61. The van der Waals surface area contributed by atoms with Gasteiger partial charge in [-0.1, -0.05) is 0 Å².